The normalized spacial score (nSPS) is 15.3. The molecule has 1 amide bonds. The van der Waals surface area contributed by atoms with Crippen LogP contribution in [0.2, 0.25) is 0 Å². The van der Waals surface area contributed by atoms with Gasteiger partial charge in [0, 0.05) is 12.2 Å². The average Bonchev–Trinajstić information content (AvgIpc) is 3.34. The molecule has 1 aliphatic carbocycles. The van der Waals surface area contributed by atoms with Crippen molar-refractivity contribution in [3.05, 3.63) is 40.5 Å². The summed E-state index contributed by atoms with van der Waals surface area (Å²) in [5.41, 5.74) is -0.236. The number of rotatable bonds is 5. The van der Waals surface area contributed by atoms with E-state index in [4.69, 9.17) is 0 Å². The van der Waals surface area contributed by atoms with Gasteiger partial charge < -0.3 is 0 Å². The third kappa shape index (κ3) is 3.18. The zero-order chi connectivity index (χ0) is 20.9. The Kier molecular flexibility index (Phi) is 4.44. The predicted octanol–water partition coefficient (Wildman–Crippen LogP) is 2.35. The van der Waals surface area contributed by atoms with Crippen molar-refractivity contribution < 1.29 is 9.18 Å². The highest BCUT2D eigenvalue weighted by Crippen LogP contribution is 2.43. The third-order valence-electron chi connectivity index (χ3n) is 5.08. The fourth-order valence-electron chi connectivity index (χ4n) is 3.24. The van der Waals surface area contributed by atoms with Crippen LogP contribution in [0.4, 0.5) is 10.3 Å². The number of hydrogen-bond acceptors (Lipinski definition) is 6. The van der Waals surface area contributed by atoms with Crippen molar-refractivity contribution in [1.82, 2.24) is 29.5 Å². The molecule has 4 rings (SSSR count). The summed E-state index contributed by atoms with van der Waals surface area (Å²) in [5.74, 6) is -1.05. The number of carbonyl (C=O) groups is 1. The van der Waals surface area contributed by atoms with Crippen LogP contribution >= 0.6 is 0 Å². The highest BCUT2D eigenvalue weighted by molar-refractivity contribution is 5.97. The van der Waals surface area contributed by atoms with Crippen LogP contribution in [0.3, 0.4) is 0 Å². The van der Waals surface area contributed by atoms with Crippen LogP contribution in [0.25, 0.3) is 10.9 Å². The molecule has 0 saturated heterocycles. The molecule has 0 radical (unpaired) electrons. The molecule has 0 spiro atoms. The lowest BCUT2D eigenvalue weighted by Gasteiger charge is -2.18. The first-order valence-electron chi connectivity index (χ1n) is 9.54. The molecular weight excluding hydrogens is 377 g/mol. The van der Waals surface area contributed by atoms with Gasteiger partial charge >= 0.3 is 0 Å². The van der Waals surface area contributed by atoms with E-state index in [0.717, 1.165) is 12.4 Å². The summed E-state index contributed by atoms with van der Waals surface area (Å²) >= 11 is 0. The zero-order valence-electron chi connectivity index (χ0n) is 16.7. The van der Waals surface area contributed by atoms with E-state index in [1.165, 1.54) is 4.68 Å². The minimum absolute atomic E-state index is 0.0131. The first-order valence-corrected chi connectivity index (χ1v) is 9.54. The van der Waals surface area contributed by atoms with Crippen molar-refractivity contribution in [3.8, 4) is 0 Å². The summed E-state index contributed by atoms with van der Waals surface area (Å²) in [7, 11) is 0. The summed E-state index contributed by atoms with van der Waals surface area (Å²) in [5, 5.41) is 12.1. The number of hydrogen-bond donors (Lipinski definition) is 1. The number of aromatic nitrogens is 6. The van der Waals surface area contributed by atoms with E-state index in [1.807, 2.05) is 27.7 Å². The molecule has 152 valence electrons. The SMILES string of the molecule is CC(C)c1nn(C2(C(=O)Nc3ncc(F)cn3)CC2)c(=O)c2cn(C(C)C)nc12. The van der Waals surface area contributed by atoms with Gasteiger partial charge in [0.15, 0.2) is 5.82 Å². The summed E-state index contributed by atoms with van der Waals surface area (Å²) in [6, 6.07) is 0.0871. The van der Waals surface area contributed by atoms with Gasteiger partial charge in [-0.1, -0.05) is 13.8 Å². The van der Waals surface area contributed by atoms with Crippen LogP contribution in [0.15, 0.2) is 23.4 Å². The predicted molar refractivity (Wildman–Crippen MR) is 104 cm³/mol. The van der Waals surface area contributed by atoms with Crippen molar-refractivity contribution in [2.24, 2.45) is 0 Å². The molecule has 1 aliphatic rings. The molecule has 9 nitrogen and oxygen atoms in total. The molecule has 0 unspecified atom stereocenters. The number of anilines is 1. The molecule has 3 heterocycles. The van der Waals surface area contributed by atoms with E-state index in [0.29, 0.717) is 29.4 Å². The fraction of sp³-hybridized carbons (Fsp3) is 0.474. The number of nitrogens with one attached hydrogen (secondary N) is 1. The van der Waals surface area contributed by atoms with E-state index >= 15 is 0 Å². The van der Waals surface area contributed by atoms with Gasteiger partial charge in [0.1, 0.15) is 11.1 Å². The summed E-state index contributed by atoms with van der Waals surface area (Å²) in [6.07, 6.45) is 4.58. The molecule has 3 aromatic heterocycles. The van der Waals surface area contributed by atoms with Crippen LogP contribution in [-0.4, -0.2) is 35.4 Å². The van der Waals surface area contributed by atoms with Crippen molar-refractivity contribution in [3.63, 3.8) is 0 Å². The number of fused-ring (bicyclic) bond motifs is 1. The molecule has 0 atom stereocenters. The van der Waals surface area contributed by atoms with Crippen LogP contribution in [-0.2, 0) is 10.3 Å². The Labute approximate surface area is 166 Å². The molecule has 0 bridgehead atoms. The van der Waals surface area contributed by atoms with Crippen molar-refractivity contribution in [2.45, 2.75) is 58.0 Å². The standard InChI is InChI=1S/C19H22FN7O2/c1-10(2)14-15-13(9-26(24-15)11(3)4)16(28)27(25-14)19(5-6-19)17(29)23-18-21-7-12(20)8-22-18/h7-11H,5-6H2,1-4H3,(H,21,22,23,29). The van der Waals surface area contributed by atoms with E-state index in [1.54, 1.807) is 10.9 Å². The van der Waals surface area contributed by atoms with Crippen molar-refractivity contribution >= 4 is 22.8 Å². The minimum Gasteiger partial charge on any atom is -0.292 e. The Morgan fingerprint density at radius 2 is 1.83 bits per heavy atom. The maximum atomic E-state index is 13.2. The Bertz CT molecular complexity index is 1140. The van der Waals surface area contributed by atoms with Crippen molar-refractivity contribution in [1.29, 1.82) is 0 Å². The lowest BCUT2D eigenvalue weighted by atomic mass is 10.1. The molecule has 3 aromatic rings. The molecule has 0 aromatic carbocycles. The number of nitrogens with zero attached hydrogens (tertiary/aromatic N) is 6. The van der Waals surface area contributed by atoms with Gasteiger partial charge in [0.2, 0.25) is 5.95 Å². The second-order valence-corrected chi connectivity index (χ2v) is 7.93. The summed E-state index contributed by atoms with van der Waals surface area (Å²) < 4.78 is 16.0. The first kappa shape index (κ1) is 19.2. The molecule has 29 heavy (non-hydrogen) atoms. The molecular formula is C19H22FN7O2. The molecule has 10 heteroatoms. The lowest BCUT2D eigenvalue weighted by Crippen LogP contribution is -2.42. The molecule has 1 saturated carbocycles. The number of amides is 1. The topological polar surface area (TPSA) is 108 Å². The Morgan fingerprint density at radius 3 is 2.38 bits per heavy atom. The van der Waals surface area contributed by atoms with Crippen LogP contribution < -0.4 is 10.9 Å². The fourth-order valence-corrected chi connectivity index (χ4v) is 3.24. The molecule has 1 N–H and O–H groups in total. The minimum atomic E-state index is -1.10. The van der Waals surface area contributed by atoms with Gasteiger partial charge in [0.25, 0.3) is 11.5 Å². The lowest BCUT2D eigenvalue weighted by molar-refractivity contribution is -0.121. The maximum Gasteiger partial charge on any atom is 0.278 e. The van der Waals surface area contributed by atoms with E-state index in [9.17, 15) is 14.0 Å². The van der Waals surface area contributed by atoms with Crippen LogP contribution in [0.1, 0.15) is 58.2 Å². The largest absolute Gasteiger partial charge is 0.292 e. The first-order chi connectivity index (χ1) is 13.7. The van der Waals surface area contributed by atoms with Gasteiger partial charge in [-0.2, -0.15) is 10.2 Å². The van der Waals surface area contributed by atoms with Crippen LogP contribution in [0.5, 0.6) is 0 Å². The smallest absolute Gasteiger partial charge is 0.278 e. The van der Waals surface area contributed by atoms with E-state index in [-0.39, 0.29) is 23.5 Å². The highest BCUT2D eigenvalue weighted by Gasteiger charge is 2.54. The molecule has 0 aliphatic heterocycles. The van der Waals surface area contributed by atoms with Gasteiger partial charge in [-0.25, -0.2) is 19.0 Å². The van der Waals surface area contributed by atoms with E-state index < -0.39 is 17.3 Å². The number of halogens is 1. The highest BCUT2D eigenvalue weighted by atomic mass is 19.1. The zero-order valence-corrected chi connectivity index (χ0v) is 16.7. The Morgan fingerprint density at radius 1 is 1.17 bits per heavy atom. The summed E-state index contributed by atoms with van der Waals surface area (Å²) in [6.45, 7) is 7.89. The van der Waals surface area contributed by atoms with Gasteiger partial charge in [-0.15, -0.1) is 0 Å². The molecule has 1 fully saturated rings. The van der Waals surface area contributed by atoms with Crippen molar-refractivity contribution in [2.75, 3.05) is 5.32 Å². The van der Waals surface area contributed by atoms with Crippen LogP contribution in [0, 0.1) is 5.82 Å². The third-order valence-corrected chi connectivity index (χ3v) is 5.08. The van der Waals surface area contributed by atoms with E-state index in [2.05, 4.69) is 25.5 Å². The van der Waals surface area contributed by atoms with Gasteiger partial charge in [0.05, 0.1) is 23.5 Å². The second kappa shape index (κ2) is 6.71. The van der Waals surface area contributed by atoms with Gasteiger partial charge in [-0.05, 0) is 32.6 Å². The van der Waals surface area contributed by atoms with Gasteiger partial charge in [-0.3, -0.25) is 19.6 Å². The summed E-state index contributed by atoms with van der Waals surface area (Å²) in [4.78, 5) is 33.7. The quantitative estimate of drug-likeness (QED) is 0.706. The second-order valence-electron chi connectivity index (χ2n) is 7.93. The Balaban J connectivity index is 1.80. The Hall–Kier alpha value is -3.17. The monoisotopic (exact) mass is 399 g/mol. The average molecular weight is 399 g/mol. The number of carbonyl (C=O) groups excluding carboxylic acids is 1. The maximum absolute atomic E-state index is 13.2.